The topological polar surface area (TPSA) is 68.0 Å². The van der Waals surface area contributed by atoms with Crippen LogP contribution in [0, 0.1) is 6.92 Å². The number of hydrogen-bond donors (Lipinski definition) is 1. The molecule has 0 spiro atoms. The van der Waals surface area contributed by atoms with Crippen molar-refractivity contribution in [2.24, 2.45) is 0 Å². The Kier molecular flexibility index (Phi) is 2.74. The lowest BCUT2D eigenvalue weighted by molar-refractivity contribution is 0.0695. The van der Waals surface area contributed by atoms with Crippen molar-refractivity contribution in [1.82, 2.24) is 14.8 Å². The molecular weight excluding hydrogens is 274 g/mol. The molecule has 0 unspecified atom stereocenters. The zero-order valence-corrected chi connectivity index (χ0v) is 9.97. The number of rotatable bonds is 2. The molecule has 1 N–H and O–H groups in total. The lowest BCUT2D eigenvalue weighted by Crippen LogP contribution is -2.05. The second-order valence-corrected chi connectivity index (χ2v) is 4.13. The monoisotopic (exact) mass is 281 g/mol. The fourth-order valence-electron chi connectivity index (χ4n) is 1.33. The van der Waals surface area contributed by atoms with Gasteiger partial charge in [-0.2, -0.15) is 5.10 Å². The number of aromatic nitrogens is 3. The molecule has 0 amide bonds. The van der Waals surface area contributed by atoms with E-state index in [0.29, 0.717) is 11.5 Å². The lowest BCUT2D eigenvalue weighted by Gasteiger charge is -2.03. The van der Waals surface area contributed by atoms with Crippen molar-refractivity contribution in [2.45, 2.75) is 6.92 Å². The van der Waals surface area contributed by atoms with Gasteiger partial charge >= 0.3 is 5.97 Å². The molecule has 0 aliphatic carbocycles. The molecule has 82 valence electrons. The highest BCUT2D eigenvalue weighted by molar-refractivity contribution is 9.10. The van der Waals surface area contributed by atoms with Gasteiger partial charge in [0.1, 0.15) is 0 Å². The molecule has 2 heterocycles. The molecule has 5 nitrogen and oxygen atoms in total. The minimum Gasteiger partial charge on any atom is -0.478 e. The number of halogens is 1. The van der Waals surface area contributed by atoms with Gasteiger partial charge in [-0.05, 0) is 35.0 Å². The standard InChI is InChI=1S/C10H8BrN3O2/c1-6-8(10(15)16)2-3-9(13-6)14-5-7(11)4-12-14/h2-5H,1H3,(H,15,16). The Hall–Kier alpha value is -1.69. The van der Waals surface area contributed by atoms with E-state index in [1.807, 2.05) is 0 Å². The summed E-state index contributed by atoms with van der Waals surface area (Å²) in [5.41, 5.74) is 0.673. The highest BCUT2D eigenvalue weighted by Crippen LogP contribution is 2.13. The minimum atomic E-state index is -0.974. The smallest absolute Gasteiger partial charge is 0.337 e. The van der Waals surface area contributed by atoms with E-state index in [0.717, 1.165) is 4.47 Å². The van der Waals surface area contributed by atoms with Crippen molar-refractivity contribution < 1.29 is 9.90 Å². The number of carboxylic acids is 1. The van der Waals surface area contributed by atoms with Gasteiger partial charge in [0.25, 0.3) is 0 Å². The predicted molar refractivity (Wildman–Crippen MR) is 60.8 cm³/mol. The van der Waals surface area contributed by atoms with E-state index >= 15 is 0 Å². The number of nitrogens with zero attached hydrogens (tertiary/aromatic N) is 3. The molecule has 6 heteroatoms. The Morgan fingerprint density at radius 3 is 2.75 bits per heavy atom. The van der Waals surface area contributed by atoms with E-state index < -0.39 is 5.97 Å². The summed E-state index contributed by atoms with van der Waals surface area (Å²) in [6, 6.07) is 3.14. The van der Waals surface area contributed by atoms with E-state index in [2.05, 4.69) is 26.0 Å². The van der Waals surface area contributed by atoms with E-state index in [4.69, 9.17) is 5.11 Å². The van der Waals surface area contributed by atoms with Crippen LogP contribution in [0.25, 0.3) is 5.82 Å². The van der Waals surface area contributed by atoms with E-state index in [1.54, 1.807) is 30.1 Å². The van der Waals surface area contributed by atoms with Gasteiger partial charge in [0.2, 0.25) is 0 Å². The second-order valence-electron chi connectivity index (χ2n) is 3.21. The molecular formula is C10H8BrN3O2. The van der Waals surface area contributed by atoms with Crippen LogP contribution in [0.2, 0.25) is 0 Å². The molecule has 16 heavy (non-hydrogen) atoms. The predicted octanol–water partition coefficient (Wildman–Crippen LogP) is 2.04. The lowest BCUT2D eigenvalue weighted by atomic mass is 10.2. The van der Waals surface area contributed by atoms with Gasteiger partial charge in [0, 0.05) is 6.20 Å². The van der Waals surface area contributed by atoms with Gasteiger partial charge in [0.15, 0.2) is 5.82 Å². The first-order valence-electron chi connectivity index (χ1n) is 4.49. The Labute approximate surface area is 99.9 Å². The van der Waals surface area contributed by atoms with Crippen molar-refractivity contribution in [3.63, 3.8) is 0 Å². The van der Waals surface area contributed by atoms with Gasteiger partial charge in [-0.15, -0.1) is 0 Å². The molecule has 0 radical (unpaired) electrons. The number of aryl methyl sites for hydroxylation is 1. The summed E-state index contributed by atoms with van der Waals surface area (Å²) in [5.74, 6) is -0.383. The SMILES string of the molecule is Cc1nc(-n2cc(Br)cn2)ccc1C(=O)O. The average molecular weight is 282 g/mol. The highest BCUT2D eigenvalue weighted by Gasteiger charge is 2.09. The summed E-state index contributed by atoms with van der Waals surface area (Å²) >= 11 is 3.28. The second kappa shape index (κ2) is 4.05. The first-order chi connectivity index (χ1) is 7.58. The van der Waals surface area contributed by atoms with Crippen molar-refractivity contribution in [1.29, 1.82) is 0 Å². The molecule has 0 saturated heterocycles. The van der Waals surface area contributed by atoms with Crippen LogP contribution in [0.5, 0.6) is 0 Å². The molecule has 2 aromatic rings. The molecule has 0 atom stereocenters. The number of aromatic carboxylic acids is 1. The van der Waals surface area contributed by atoms with Crippen molar-refractivity contribution in [2.75, 3.05) is 0 Å². The Morgan fingerprint density at radius 1 is 1.50 bits per heavy atom. The van der Waals surface area contributed by atoms with E-state index in [-0.39, 0.29) is 5.56 Å². The molecule has 0 fully saturated rings. The van der Waals surface area contributed by atoms with E-state index in [9.17, 15) is 4.79 Å². The quantitative estimate of drug-likeness (QED) is 0.915. The molecule has 0 aromatic carbocycles. The van der Waals surface area contributed by atoms with Gasteiger partial charge in [0.05, 0.1) is 21.9 Å². The number of carbonyl (C=O) groups is 1. The van der Waals surface area contributed by atoms with Crippen LogP contribution < -0.4 is 0 Å². The third-order valence-corrected chi connectivity index (χ3v) is 2.50. The van der Waals surface area contributed by atoms with Gasteiger partial charge in [-0.3, -0.25) is 0 Å². The Bertz CT molecular complexity index is 551. The normalized spacial score (nSPS) is 10.4. The average Bonchev–Trinajstić information content (AvgIpc) is 2.64. The summed E-state index contributed by atoms with van der Waals surface area (Å²) in [6.07, 6.45) is 3.39. The number of hydrogen-bond acceptors (Lipinski definition) is 3. The maximum atomic E-state index is 10.8. The summed E-state index contributed by atoms with van der Waals surface area (Å²) in [5, 5.41) is 12.9. The molecule has 2 rings (SSSR count). The van der Waals surface area contributed by atoms with Gasteiger partial charge in [-0.1, -0.05) is 0 Å². The first-order valence-corrected chi connectivity index (χ1v) is 5.28. The zero-order valence-electron chi connectivity index (χ0n) is 8.38. The molecule has 0 aliphatic rings. The summed E-state index contributed by atoms with van der Waals surface area (Å²) < 4.78 is 2.41. The Balaban J connectivity index is 2.45. The third-order valence-electron chi connectivity index (χ3n) is 2.09. The number of pyridine rings is 1. The maximum absolute atomic E-state index is 10.8. The summed E-state index contributed by atoms with van der Waals surface area (Å²) in [7, 11) is 0. The first kappa shape index (κ1) is 10.8. The fourth-order valence-corrected chi connectivity index (χ4v) is 1.61. The van der Waals surface area contributed by atoms with Crippen molar-refractivity contribution in [3.05, 3.63) is 40.3 Å². The van der Waals surface area contributed by atoms with Crippen LogP contribution in [-0.4, -0.2) is 25.8 Å². The third kappa shape index (κ3) is 1.96. The molecule has 2 aromatic heterocycles. The number of carboxylic acid groups (broad SMARTS) is 1. The zero-order chi connectivity index (χ0) is 11.7. The van der Waals surface area contributed by atoms with Crippen LogP contribution in [0.1, 0.15) is 16.1 Å². The van der Waals surface area contributed by atoms with Gasteiger partial charge < -0.3 is 5.11 Å². The molecule has 0 saturated carbocycles. The Morgan fingerprint density at radius 2 is 2.25 bits per heavy atom. The summed E-state index contributed by atoms with van der Waals surface area (Å²) in [4.78, 5) is 15.0. The van der Waals surface area contributed by atoms with Crippen LogP contribution in [0.3, 0.4) is 0 Å². The minimum absolute atomic E-state index is 0.204. The van der Waals surface area contributed by atoms with Crippen LogP contribution in [-0.2, 0) is 0 Å². The van der Waals surface area contributed by atoms with Crippen molar-refractivity contribution in [3.8, 4) is 5.82 Å². The van der Waals surface area contributed by atoms with E-state index in [1.165, 1.54) is 6.07 Å². The largest absolute Gasteiger partial charge is 0.478 e. The molecule has 0 aliphatic heterocycles. The van der Waals surface area contributed by atoms with Crippen LogP contribution in [0.15, 0.2) is 29.0 Å². The fraction of sp³-hybridized carbons (Fsp3) is 0.100. The summed E-state index contributed by atoms with van der Waals surface area (Å²) in [6.45, 7) is 1.66. The van der Waals surface area contributed by atoms with Crippen LogP contribution >= 0.6 is 15.9 Å². The van der Waals surface area contributed by atoms with Gasteiger partial charge in [-0.25, -0.2) is 14.5 Å². The van der Waals surface area contributed by atoms with Crippen LogP contribution in [0.4, 0.5) is 0 Å². The van der Waals surface area contributed by atoms with Crippen molar-refractivity contribution >= 4 is 21.9 Å². The molecule has 0 bridgehead atoms. The maximum Gasteiger partial charge on any atom is 0.337 e. The highest BCUT2D eigenvalue weighted by atomic mass is 79.9.